The Morgan fingerprint density at radius 3 is 2.71 bits per heavy atom. The molecule has 0 atom stereocenters. The van der Waals surface area contributed by atoms with Crippen molar-refractivity contribution in [3.8, 4) is 0 Å². The van der Waals surface area contributed by atoms with Gasteiger partial charge in [0.15, 0.2) is 0 Å². The van der Waals surface area contributed by atoms with Gasteiger partial charge in [-0.1, -0.05) is 13.3 Å². The minimum absolute atomic E-state index is 0.0685. The Morgan fingerprint density at radius 1 is 1.48 bits per heavy atom. The van der Waals surface area contributed by atoms with E-state index in [1.165, 1.54) is 30.4 Å². The standard InChI is InChI=1S/C15H25BrN4O/c1-4-15(6-5-7-15)11-17-12-10-18-20(9-8-19(2)3)14(21)13(12)16/h10,17H,4-9,11H2,1-3H3. The third-order valence-electron chi connectivity index (χ3n) is 4.56. The van der Waals surface area contributed by atoms with Crippen LogP contribution in [0.25, 0.3) is 0 Å². The van der Waals surface area contributed by atoms with Gasteiger partial charge in [0.1, 0.15) is 4.47 Å². The smallest absolute Gasteiger partial charge is 0.283 e. The second-order valence-electron chi connectivity index (χ2n) is 6.26. The predicted molar refractivity (Wildman–Crippen MR) is 89.8 cm³/mol. The first-order valence-corrected chi connectivity index (χ1v) is 8.41. The average Bonchev–Trinajstić information content (AvgIpc) is 2.41. The third-order valence-corrected chi connectivity index (χ3v) is 5.33. The second kappa shape index (κ2) is 6.92. The molecule has 1 N–H and O–H groups in total. The van der Waals surface area contributed by atoms with Crippen LogP contribution < -0.4 is 10.9 Å². The fraction of sp³-hybridized carbons (Fsp3) is 0.733. The van der Waals surface area contributed by atoms with Gasteiger partial charge in [-0.2, -0.15) is 5.10 Å². The van der Waals surface area contributed by atoms with Crippen molar-refractivity contribution in [3.63, 3.8) is 0 Å². The van der Waals surface area contributed by atoms with Crippen LogP contribution in [-0.4, -0.2) is 41.9 Å². The molecule has 2 rings (SSSR count). The molecule has 1 saturated carbocycles. The van der Waals surface area contributed by atoms with Crippen molar-refractivity contribution in [1.29, 1.82) is 0 Å². The molecule has 5 nitrogen and oxygen atoms in total. The zero-order chi connectivity index (χ0) is 15.5. The lowest BCUT2D eigenvalue weighted by atomic mass is 9.67. The normalized spacial score (nSPS) is 16.8. The molecule has 118 valence electrons. The highest BCUT2D eigenvalue weighted by Crippen LogP contribution is 2.43. The number of hydrogen-bond acceptors (Lipinski definition) is 4. The van der Waals surface area contributed by atoms with Crippen LogP contribution in [0.5, 0.6) is 0 Å². The van der Waals surface area contributed by atoms with Crippen LogP contribution in [0, 0.1) is 5.41 Å². The summed E-state index contributed by atoms with van der Waals surface area (Å²) in [5, 5.41) is 7.67. The molecule has 1 aliphatic rings. The van der Waals surface area contributed by atoms with E-state index < -0.39 is 0 Å². The molecule has 21 heavy (non-hydrogen) atoms. The minimum Gasteiger partial charge on any atom is -0.382 e. The lowest BCUT2D eigenvalue weighted by Crippen LogP contribution is -2.36. The van der Waals surface area contributed by atoms with E-state index in [0.29, 0.717) is 16.4 Å². The quantitative estimate of drug-likeness (QED) is 0.815. The lowest BCUT2D eigenvalue weighted by Gasteiger charge is -2.41. The highest BCUT2D eigenvalue weighted by Gasteiger charge is 2.34. The van der Waals surface area contributed by atoms with Gasteiger partial charge < -0.3 is 10.2 Å². The maximum Gasteiger partial charge on any atom is 0.283 e. The van der Waals surface area contributed by atoms with Gasteiger partial charge >= 0.3 is 0 Å². The fourth-order valence-electron chi connectivity index (χ4n) is 2.66. The van der Waals surface area contributed by atoms with E-state index in [2.05, 4.69) is 33.3 Å². The first-order chi connectivity index (χ1) is 9.97. The van der Waals surface area contributed by atoms with Crippen LogP contribution in [0.1, 0.15) is 32.6 Å². The Balaban J connectivity index is 2.04. The number of likely N-dealkylation sites (N-methyl/N-ethyl adjacent to an activating group) is 1. The maximum absolute atomic E-state index is 12.3. The molecule has 0 radical (unpaired) electrons. The summed E-state index contributed by atoms with van der Waals surface area (Å²) in [6, 6.07) is 0. The predicted octanol–water partition coefficient (Wildman–Crippen LogP) is 2.56. The summed E-state index contributed by atoms with van der Waals surface area (Å²) >= 11 is 3.42. The molecule has 0 spiro atoms. The summed E-state index contributed by atoms with van der Waals surface area (Å²) in [6.07, 6.45) is 6.82. The van der Waals surface area contributed by atoms with Crippen LogP contribution >= 0.6 is 15.9 Å². The number of hydrogen-bond donors (Lipinski definition) is 1. The van der Waals surface area contributed by atoms with Gasteiger partial charge in [-0.3, -0.25) is 4.79 Å². The number of nitrogens with one attached hydrogen (secondary N) is 1. The molecule has 0 unspecified atom stereocenters. The van der Waals surface area contributed by atoms with Crippen molar-refractivity contribution in [2.24, 2.45) is 5.41 Å². The first kappa shape index (κ1) is 16.5. The highest BCUT2D eigenvalue weighted by atomic mass is 79.9. The van der Waals surface area contributed by atoms with E-state index >= 15 is 0 Å². The van der Waals surface area contributed by atoms with Crippen LogP contribution in [-0.2, 0) is 6.54 Å². The van der Waals surface area contributed by atoms with Crippen LogP contribution in [0.2, 0.25) is 0 Å². The van der Waals surface area contributed by atoms with Crippen LogP contribution in [0.4, 0.5) is 5.69 Å². The summed E-state index contributed by atoms with van der Waals surface area (Å²) in [5.74, 6) is 0. The average molecular weight is 357 g/mol. The molecule has 1 aliphatic carbocycles. The zero-order valence-corrected chi connectivity index (χ0v) is 14.7. The van der Waals surface area contributed by atoms with Crippen LogP contribution in [0.15, 0.2) is 15.5 Å². The molecule has 0 bridgehead atoms. The molecule has 0 saturated heterocycles. The molecule has 1 fully saturated rings. The third kappa shape index (κ3) is 3.86. The van der Waals surface area contributed by atoms with Gasteiger partial charge in [-0.15, -0.1) is 0 Å². The molecule has 1 aromatic heterocycles. The number of halogens is 1. The second-order valence-corrected chi connectivity index (χ2v) is 7.06. The van der Waals surface area contributed by atoms with Gasteiger partial charge in [-0.05, 0) is 54.7 Å². The van der Waals surface area contributed by atoms with Crippen LogP contribution in [0.3, 0.4) is 0 Å². The van der Waals surface area contributed by atoms with Gasteiger partial charge in [0.05, 0.1) is 18.4 Å². The molecular weight excluding hydrogens is 332 g/mol. The van der Waals surface area contributed by atoms with E-state index in [0.717, 1.165) is 18.8 Å². The summed E-state index contributed by atoms with van der Waals surface area (Å²) in [7, 11) is 3.97. The maximum atomic E-state index is 12.3. The van der Waals surface area contributed by atoms with E-state index in [-0.39, 0.29) is 5.56 Å². The monoisotopic (exact) mass is 356 g/mol. The summed E-state index contributed by atoms with van der Waals surface area (Å²) < 4.78 is 2.09. The van der Waals surface area contributed by atoms with Crippen molar-refractivity contribution < 1.29 is 0 Å². The van der Waals surface area contributed by atoms with Crippen molar-refractivity contribution >= 4 is 21.6 Å². The van der Waals surface area contributed by atoms with Crippen molar-refractivity contribution in [2.75, 3.05) is 32.5 Å². The Labute approximate surface area is 134 Å². The molecule has 1 heterocycles. The van der Waals surface area contributed by atoms with Gasteiger partial charge in [0.25, 0.3) is 5.56 Å². The summed E-state index contributed by atoms with van der Waals surface area (Å²) in [6.45, 7) is 4.56. The molecule has 0 amide bonds. The lowest BCUT2D eigenvalue weighted by molar-refractivity contribution is 0.145. The SMILES string of the molecule is CCC1(CNc2cnn(CCN(C)C)c(=O)c2Br)CCC1. The first-order valence-electron chi connectivity index (χ1n) is 7.62. The molecule has 1 aromatic rings. The van der Waals surface area contributed by atoms with Gasteiger partial charge in [0, 0.05) is 13.1 Å². The zero-order valence-electron chi connectivity index (χ0n) is 13.2. The number of anilines is 1. The largest absolute Gasteiger partial charge is 0.382 e. The molecular formula is C15H25BrN4O. The Kier molecular flexibility index (Phi) is 5.43. The Morgan fingerprint density at radius 2 is 2.19 bits per heavy atom. The van der Waals surface area contributed by atoms with E-state index in [1.807, 2.05) is 19.0 Å². The number of rotatable bonds is 7. The van der Waals surface area contributed by atoms with E-state index in [9.17, 15) is 4.79 Å². The Bertz CT molecular complexity index is 531. The summed E-state index contributed by atoms with van der Waals surface area (Å²) in [4.78, 5) is 14.3. The molecule has 0 aromatic carbocycles. The van der Waals surface area contributed by atoms with Crippen molar-refractivity contribution in [3.05, 3.63) is 21.0 Å². The minimum atomic E-state index is -0.0685. The van der Waals surface area contributed by atoms with Crippen molar-refractivity contribution in [2.45, 2.75) is 39.2 Å². The molecule has 6 heteroatoms. The number of nitrogens with zero attached hydrogens (tertiary/aromatic N) is 3. The van der Waals surface area contributed by atoms with E-state index in [4.69, 9.17) is 0 Å². The van der Waals surface area contributed by atoms with E-state index in [1.54, 1.807) is 6.20 Å². The molecule has 0 aliphatic heterocycles. The Hall–Kier alpha value is -0.880. The van der Waals surface area contributed by atoms with Crippen molar-refractivity contribution in [1.82, 2.24) is 14.7 Å². The van der Waals surface area contributed by atoms with Gasteiger partial charge in [-0.25, -0.2) is 4.68 Å². The fourth-order valence-corrected chi connectivity index (χ4v) is 3.10. The summed E-state index contributed by atoms with van der Waals surface area (Å²) in [5.41, 5.74) is 1.15. The van der Waals surface area contributed by atoms with Gasteiger partial charge in [0.2, 0.25) is 0 Å². The topological polar surface area (TPSA) is 50.2 Å². The number of aromatic nitrogens is 2. The highest BCUT2D eigenvalue weighted by molar-refractivity contribution is 9.10.